The Labute approximate surface area is 139 Å². The molecule has 0 saturated carbocycles. The van der Waals surface area contributed by atoms with Gasteiger partial charge in [0.25, 0.3) is 5.91 Å². The molecule has 22 heavy (non-hydrogen) atoms. The van der Waals surface area contributed by atoms with Crippen LogP contribution in [0, 0.1) is 0 Å². The molecule has 0 radical (unpaired) electrons. The van der Waals surface area contributed by atoms with Crippen molar-refractivity contribution in [1.82, 2.24) is 10.3 Å². The lowest BCUT2D eigenvalue weighted by Crippen LogP contribution is -2.24. The third-order valence-electron chi connectivity index (χ3n) is 3.20. The van der Waals surface area contributed by atoms with Crippen molar-refractivity contribution in [2.75, 3.05) is 11.9 Å². The number of anilines is 2. The summed E-state index contributed by atoms with van der Waals surface area (Å²) in [5.41, 5.74) is 1.54. The lowest BCUT2D eigenvalue weighted by Gasteiger charge is -2.08. The number of aromatic nitrogens is 1. The van der Waals surface area contributed by atoms with Crippen molar-refractivity contribution in [2.24, 2.45) is 0 Å². The number of hydrogen-bond donors (Lipinski definition) is 2. The van der Waals surface area contributed by atoms with E-state index < -0.39 is 0 Å². The molecule has 1 aromatic carbocycles. The topological polar surface area (TPSA) is 54.0 Å². The van der Waals surface area contributed by atoms with Crippen molar-refractivity contribution in [3.8, 4) is 0 Å². The molecule has 1 aromatic heterocycles. The van der Waals surface area contributed by atoms with Gasteiger partial charge in [-0.15, -0.1) is 0 Å². The van der Waals surface area contributed by atoms with Crippen LogP contribution in [0.25, 0.3) is 0 Å². The van der Waals surface area contributed by atoms with E-state index in [1.807, 2.05) is 24.3 Å². The third-order valence-corrected chi connectivity index (χ3v) is 3.73. The molecule has 0 aliphatic carbocycles. The zero-order chi connectivity index (χ0) is 15.8. The molecule has 0 bridgehead atoms. The van der Waals surface area contributed by atoms with Crippen LogP contribution in [0.15, 0.2) is 47.1 Å². The molecule has 2 N–H and O–H groups in total. The van der Waals surface area contributed by atoms with E-state index in [0.29, 0.717) is 17.9 Å². The summed E-state index contributed by atoms with van der Waals surface area (Å²) in [6.45, 7) is 2.86. The van der Waals surface area contributed by atoms with E-state index in [0.717, 1.165) is 29.4 Å². The van der Waals surface area contributed by atoms with E-state index in [-0.39, 0.29) is 5.91 Å². The Hall–Kier alpha value is -1.88. The van der Waals surface area contributed by atoms with E-state index in [4.69, 9.17) is 0 Å². The van der Waals surface area contributed by atoms with E-state index >= 15 is 0 Å². The maximum Gasteiger partial charge on any atom is 0.251 e. The highest BCUT2D eigenvalue weighted by molar-refractivity contribution is 9.10. The fraction of sp³-hybridized carbons (Fsp3) is 0.294. The minimum Gasteiger partial charge on any atom is -0.352 e. The number of amides is 1. The van der Waals surface area contributed by atoms with Crippen LogP contribution in [0.4, 0.5) is 11.5 Å². The standard InChI is InChI=1S/C17H20BrN3O/c1-2-3-4-10-20-17(22)13-9-11-19-16(12-13)21-15-7-5-14(18)6-8-15/h5-9,11-12H,2-4,10H2,1H3,(H,19,21)(H,20,22). The average Bonchev–Trinajstić information content (AvgIpc) is 2.54. The van der Waals surface area contributed by atoms with Gasteiger partial charge in [-0.2, -0.15) is 0 Å². The fourth-order valence-electron chi connectivity index (χ4n) is 2.00. The number of carbonyl (C=O) groups is 1. The van der Waals surface area contributed by atoms with E-state index in [1.54, 1.807) is 18.3 Å². The van der Waals surface area contributed by atoms with E-state index in [2.05, 4.69) is 38.5 Å². The van der Waals surface area contributed by atoms with Crippen LogP contribution in [0.2, 0.25) is 0 Å². The number of benzene rings is 1. The van der Waals surface area contributed by atoms with Gasteiger partial charge >= 0.3 is 0 Å². The van der Waals surface area contributed by atoms with Gasteiger partial charge in [0.05, 0.1) is 0 Å². The number of pyridine rings is 1. The highest BCUT2D eigenvalue weighted by atomic mass is 79.9. The number of carbonyl (C=O) groups excluding carboxylic acids is 1. The molecule has 0 saturated heterocycles. The van der Waals surface area contributed by atoms with Crippen LogP contribution in [0.3, 0.4) is 0 Å². The number of hydrogen-bond acceptors (Lipinski definition) is 3. The molecular formula is C17H20BrN3O. The van der Waals surface area contributed by atoms with Crippen molar-refractivity contribution < 1.29 is 4.79 Å². The van der Waals surface area contributed by atoms with Gasteiger partial charge in [0.15, 0.2) is 0 Å². The molecular weight excluding hydrogens is 342 g/mol. The summed E-state index contributed by atoms with van der Waals surface area (Å²) in [6, 6.07) is 11.3. The van der Waals surface area contributed by atoms with Crippen molar-refractivity contribution in [3.63, 3.8) is 0 Å². The molecule has 116 valence electrons. The number of rotatable bonds is 7. The van der Waals surface area contributed by atoms with Crippen molar-refractivity contribution in [3.05, 3.63) is 52.6 Å². The predicted octanol–water partition coefficient (Wildman–Crippen LogP) is 4.51. The van der Waals surface area contributed by atoms with Gasteiger partial charge in [-0.3, -0.25) is 4.79 Å². The van der Waals surface area contributed by atoms with Gasteiger partial charge in [0, 0.05) is 28.5 Å². The van der Waals surface area contributed by atoms with Gasteiger partial charge < -0.3 is 10.6 Å². The van der Waals surface area contributed by atoms with Crippen LogP contribution < -0.4 is 10.6 Å². The zero-order valence-corrected chi connectivity index (χ0v) is 14.2. The van der Waals surface area contributed by atoms with E-state index in [9.17, 15) is 4.79 Å². The second-order valence-corrected chi connectivity index (χ2v) is 5.94. The summed E-state index contributed by atoms with van der Waals surface area (Å²) in [4.78, 5) is 16.3. The predicted molar refractivity (Wildman–Crippen MR) is 93.5 cm³/mol. The first-order valence-corrected chi connectivity index (χ1v) is 8.25. The van der Waals surface area contributed by atoms with Gasteiger partial charge in [0.1, 0.15) is 5.82 Å². The summed E-state index contributed by atoms with van der Waals surface area (Å²) in [5, 5.41) is 6.12. The summed E-state index contributed by atoms with van der Waals surface area (Å²) < 4.78 is 1.02. The molecule has 0 spiro atoms. The minimum absolute atomic E-state index is 0.0580. The highest BCUT2D eigenvalue weighted by Gasteiger charge is 2.06. The molecule has 2 aromatic rings. The number of nitrogens with zero attached hydrogens (tertiary/aromatic N) is 1. The largest absolute Gasteiger partial charge is 0.352 e. The second kappa shape index (κ2) is 8.54. The number of unbranched alkanes of at least 4 members (excludes halogenated alkanes) is 2. The average molecular weight is 362 g/mol. The molecule has 0 fully saturated rings. The Balaban J connectivity index is 1.97. The molecule has 5 heteroatoms. The van der Waals surface area contributed by atoms with E-state index in [1.165, 1.54) is 0 Å². The molecule has 0 aliphatic rings. The van der Waals surface area contributed by atoms with Gasteiger partial charge in [-0.05, 0) is 42.8 Å². The minimum atomic E-state index is -0.0580. The Bertz CT molecular complexity index is 614. The Morgan fingerprint density at radius 2 is 1.95 bits per heavy atom. The monoisotopic (exact) mass is 361 g/mol. The Morgan fingerprint density at radius 1 is 1.18 bits per heavy atom. The van der Waals surface area contributed by atoms with Gasteiger partial charge in [-0.1, -0.05) is 35.7 Å². The van der Waals surface area contributed by atoms with Crippen LogP contribution in [-0.2, 0) is 0 Å². The zero-order valence-electron chi connectivity index (χ0n) is 12.6. The van der Waals surface area contributed by atoms with Crippen LogP contribution >= 0.6 is 15.9 Å². The van der Waals surface area contributed by atoms with Crippen molar-refractivity contribution >= 4 is 33.3 Å². The first-order valence-electron chi connectivity index (χ1n) is 7.46. The fourth-order valence-corrected chi connectivity index (χ4v) is 2.26. The molecule has 0 unspecified atom stereocenters. The first kappa shape index (κ1) is 16.5. The van der Waals surface area contributed by atoms with Crippen LogP contribution in [0.1, 0.15) is 36.5 Å². The summed E-state index contributed by atoms with van der Waals surface area (Å²) in [5.74, 6) is 0.598. The van der Waals surface area contributed by atoms with Crippen molar-refractivity contribution in [2.45, 2.75) is 26.2 Å². The molecule has 1 amide bonds. The molecule has 4 nitrogen and oxygen atoms in total. The number of halogens is 1. The molecule has 2 rings (SSSR count). The van der Waals surface area contributed by atoms with Crippen molar-refractivity contribution in [1.29, 1.82) is 0 Å². The highest BCUT2D eigenvalue weighted by Crippen LogP contribution is 2.18. The maximum atomic E-state index is 12.1. The normalized spacial score (nSPS) is 10.3. The lowest BCUT2D eigenvalue weighted by molar-refractivity contribution is 0.0953. The lowest BCUT2D eigenvalue weighted by atomic mass is 10.2. The molecule has 1 heterocycles. The molecule has 0 aliphatic heterocycles. The van der Waals surface area contributed by atoms with Gasteiger partial charge in [-0.25, -0.2) is 4.98 Å². The Morgan fingerprint density at radius 3 is 2.68 bits per heavy atom. The summed E-state index contributed by atoms with van der Waals surface area (Å²) in [6.07, 6.45) is 4.93. The number of nitrogens with one attached hydrogen (secondary N) is 2. The Kier molecular flexibility index (Phi) is 6.40. The summed E-state index contributed by atoms with van der Waals surface area (Å²) in [7, 11) is 0. The summed E-state index contributed by atoms with van der Waals surface area (Å²) >= 11 is 3.40. The van der Waals surface area contributed by atoms with Gasteiger partial charge in [0.2, 0.25) is 0 Å². The quantitative estimate of drug-likeness (QED) is 0.713. The molecule has 0 atom stereocenters. The van der Waals surface area contributed by atoms with Crippen LogP contribution in [-0.4, -0.2) is 17.4 Å². The third kappa shape index (κ3) is 5.15. The van der Waals surface area contributed by atoms with Crippen LogP contribution in [0.5, 0.6) is 0 Å². The second-order valence-electron chi connectivity index (χ2n) is 5.02. The maximum absolute atomic E-state index is 12.1. The SMILES string of the molecule is CCCCCNC(=O)c1ccnc(Nc2ccc(Br)cc2)c1. The smallest absolute Gasteiger partial charge is 0.251 e. The first-order chi connectivity index (χ1) is 10.7.